The molecule has 19 heavy (non-hydrogen) atoms. The second-order valence-corrected chi connectivity index (χ2v) is 5.33. The maximum atomic E-state index is 12.8. The average Bonchev–Trinajstić information content (AvgIpc) is 2.95. The van der Waals surface area contributed by atoms with Crippen molar-refractivity contribution in [1.29, 1.82) is 5.26 Å². The van der Waals surface area contributed by atoms with Crippen LogP contribution in [0.25, 0.3) is 0 Å². The first-order valence-electron chi connectivity index (χ1n) is 6.92. The van der Waals surface area contributed by atoms with Gasteiger partial charge in [-0.1, -0.05) is 31.9 Å². The number of hydrogen-bond acceptors (Lipinski definition) is 2. The second kappa shape index (κ2) is 5.44. The molecule has 1 amide bonds. The SMILES string of the molecule is CCC1(C(=O)N(C)c2ccccc2C#N)CCCC1. The predicted molar refractivity (Wildman–Crippen MR) is 75.8 cm³/mol. The molecule has 1 fully saturated rings. The van der Waals surface area contributed by atoms with Crippen LogP contribution in [-0.4, -0.2) is 13.0 Å². The Labute approximate surface area is 114 Å². The van der Waals surface area contributed by atoms with Crippen molar-refractivity contribution in [3.8, 4) is 6.07 Å². The van der Waals surface area contributed by atoms with Crippen molar-refractivity contribution in [2.75, 3.05) is 11.9 Å². The Morgan fingerprint density at radius 3 is 2.58 bits per heavy atom. The lowest BCUT2D eigenvalue weighted by Gasteiger charge is -2.31. The number of benzene rings is 1. The Balaban J connectivity index is 2.31. The summed E-state index contributed by atoms with van der Waals surface area (Å²) in [5, 5.41) is 9.15. The number of amides is 1. The molecule has 0 radical (unpaired) electrons. The summed E-state index contributed by atoms with van der Waals surface area (Å²) in [7, 11) is 1.79. The monoisotopic (exact) mass is 256 g/mol. The summed E-state index contributed by atoms with van der Waals surface area (Å²) in [5.41, 5.74) is 1.06. The molecular formula is C16H20N2O. The van der Waals surface area contributed by atoms with Crippen LogP contribution < -0.4 is 4.90 Å². The van der Waals surface area contributed by atoms with E-state index in [1.165, 1.54) is 0 Å². The summed E-state index contributed by atoms with van der Waals surface area (Å²) in [6.07, 6.45) is 5.09. The zero-order valence-corrected chi connectivity index (χ0v) is 11.6. The molecule has 2 rings (SSSR count). The van der Waals surface area contributed by atoms with Crippen LogP contribution in [0.5, 0.6) is 0 Å². The van der Waals surface area contributed by atoms with Gasteiger partial charge in [-0.2, -0.15) is 5.26 Å². The summed E-state index contributed by atoms with van der Waals surface area (Å²) >= 11 is 0. The summed E-state index contributed by atoms with van der Waals surface area (Å²) in [5.74, 6) is 0.162. The fourth-order valence-corrected chi connectivity index (χ4v) is 3.10. The van der Waals surface area contributed by atoms with Gasteiger partial charge in [0.2, 0.25) is 5.91 Å². The molecule has 0 N–H and O–H groups in total. The number of carbonyl (C=O) groups is 1. The van der Waals surface area contributed by atoms with E-state index in [1.807, 2.05) is 18.2 Å². The molecule has 1 aliphatic carbocycles. The molecule has 3 nitrogen and oxygen atoms in total. The zero-order valence-electron chi connectivity index (χ0n) is 11.6. The second-order valence-electron chi connectivity index (χ2n) is 5.33. The fourth-order valence-electron chi connectivity index (χ4n) is 3.10. The van der Waals surface area contributed by atoms with Crippen LogP contribution in [0.15, 0.2) is 24.3 Å². The minimum atomic E-state index is -0.211. The number of carbonyl (C=O) groups excluding carboxylic acids is 1. The Kier molecular flexibility index (Phi) is 3.90. The van der Waals surface area contributed by atoms with Gasteiger partial charge in [0, 0.05) is 12.5 Å². The lowest BCUT2D eigenvalue weighted by Crippen LogP contribution is -2.40. The standard InChI is InChI=1S/C16H20N2O/c1-3-16(10-6-7-11-16)15(19)18(2)14-9-5-4-8-13(14)12-17/h4-5,8-9H,3,6-7,10-11H2,1-2H3. The average molecular weight is 256 g/mol. The smallest absolute Gasteiger partial charge is 0.232 e. The number of nitrogens with zero attached hydrogens (tertiary/aromatic N) is 2. The Hall–Kier alpha value is -1.82. The first-order chi connectivity index (χ1) is 9.14. The molecule has 0 atom stereocenters. The van der Waals surface area contributed by atoms with E-state index in [0.29, 0.717) is 5.56 Å². The highest BCUT2D eigenvalue weighted by Crippen LogP contribution is 2.43. The molecular weight excluding hydrogens is 236 g/mol. The molecule has 1 aromatic carbocycles. The van der Waals surface area contributed by atoms with Gasteiger partial charge in [0.05, 0.1) is 11.3 Å². The maximum Gasteiger partial charge on any atom is 0.232 e. The molecule has 3 heteroatoms. The number of para-hydroxylation sites is 1. The van der Waals surface area contributed by atoms with Crippen LogP contribution >= 0.6 is 0 Å². The van der Waals surface area contributed by atoms with Gasteiger partial charge >= 0.3 is 0 Å². The Bertz CT molecular complexity index is 510. The largest absolute Gasteiger partial charge is 0.314 e. The normalized spacial score (nSPS) is 16.9. The molecule has 0 spiro atoms. The van der Waals surface area contributed by atoms with E-state index in [4.69, 9.17) is 5.26 Å². The summed E-state index contributed by atoms with van der Waals surface area (Å²) in [4.78, 5) is 14.5. The number of nitriles is 1. The van der Waals surface area contributed by atoms with Gasteiger partial charge < -0.3 is 4.90 Å². The molecule has 0 saturated heterocycles. The van der Waals surface area contributed by atoms with E-state index < -0.39 is 0 Å². The van der Waals surface area contributed by atoms with Crippen molar-refractivity contribution in [3.05, 3.63) is 29.8 Å². The maximum absolute atomic E-state index is 12.8. The number of anilines is 1. The van der Waals surface area contributed by atoms with Crippen LogP contribution in [0, 0.1) is 16.7 Å². The molecule has 0 bridgehead atoms. The van der Waals surface area contributed by atoms with E-state index >= 15 is 0 Å². The Morgan fingerprint density at radius 2 is 2.00 bits per heavy atom. The third-order valence-electron chi connectivity index (χ3n) is 4.38. The van der Waals surface area contributed by atoms with E-state index in [0.717, 1.165) is 37.8 Å². The Morgan fingerprint density at radius 1 is 1.37 bits per heavy atom. The van der Waals surface area contributed by atoms with E-state index in [2.05, 4.69) is 13.0 Å². The van der Waals surface area contributed by atoms with E-state index in [-0.39, 0.29) is 11.3 Å². The number of hydrogen-bond donors (Lipinski definition) is 0. The highest BCUT2D eigenvalue weighted by molar-refractivity contribution is 5.98. The van der Waals surface area contributed by atoms with Gasteiger partial charge in [0.1, 0.15) is 6.07 Å². The summed E-state index contributed by atoms with van der Waals surface area (Å²) in [6, 6.07) is 9.45. The molecule has 0 aromatic heterocycles. The van der Waals surface area contributed by atoms with Crippen LogP contribution in [-0.2, 0) is 4.79 Å². The highest BCUT2D eigenvalue weighted by Gasteiger charge is 2.41. The molecule has 1 aliphatic rings. The van der Waals surface area contributed by atoms with Gasteiger partial charge in [-0.15, -0.1) is 0 Å². The zero-order chi connectivity index (χ0) is 13.9. The van der Waals surface area contributed by atoms with Crippen molar-refractivity contribution in [1.82, 2.24) is 0 Å². The summed E-state index contributed by atoms with van der Waals surface area (Å²) < 4.78 is 0. The van der Waals surface area contributed by atoms with Crippen molar-refractivity contribution >= 4 is 11.6 Å². The number of rotatable bonds is 3. The van der Waals surface area contributed by atoms with E-state index in [1.54, 1.807) is 18.0 Å². The third kappa shape index (κ3) is 2.35. The molecule has 1 aromatic rings. The minimum absolute atomic E-state index is 0.162. The van der Waals surface area contributed by atoms with Crippen LogP contribution in [0.3, 0.4) is 0 Å². The molecule has 0 heterocycles. The fraction of sp³-hybridized carbons (Fsp3) is 0.500. The quantitative estimate of drug-likeness (QED) is 0.831. The van der Waals surface area contributed by atoms with Crippen LogP contribution in [0.1, 0.15) is 44.6 Å². The lowest BCUT2D eigenvalue weighted by molar-refractivity contribution is -0.127. The lowest BCUT2D eigenvalue weighted by atomic mass is 9.82. The first kappa shape index (κ1) is 13.6. The van der Waals surface area contributed by atoms with Gasteiger partial charge in [0.15, 0.2) is 0 Å². The van der Waals surface area contributed by atoms with Crippen molar-refractivity contribution < 1.29 is 4.79 Å². The van der Waals surface area contributed by atoms with Gasteiger partial charge in [0.25, 0.3) is 0 Å². The van der Waals surface area contributed by atoms with Gasteiger partial charge in [-0.3, -0.25) is 4.79 Å². The molecule has 0 unspecified atom stereocenters. The minimum Gasteiger partial charge on any atom is -0.314 e. The van der Waals surface area contributed by atoms with Gasteiger partial charge in [-0.25, -0.2) is 0 Å². The van der Waals surface area contributed by atoms with Crippen molar-refractivity contribution in [2.24, 2.45) is 5.41 Å². The predicted octanol–water partition coefficient (Wildman–Crippen LogP) is 3.49. The first-order valence-corrected chi connectivity index (χ1v) is 6.92. The van der Waals surface area contributed by atoms with E-state index in [9.17, 15) is 4.79 Å². The topological polar surface area (TPSA) is 44.1 Å². The molecule has 100 valence electrons. The third-order valence-corrected chi connectivity index (χ3v) is 4.38. The highest BCUT2D eigenvalue weighted by atomic mass is 16.2. The molecule has 0 aliphatic heterocycles. The van der Waals surface area contributed by atoms with Crippen LogP contribution in [0.2, 0.25) is 0 Å². The summed E-state index contributed by atoms with van der Waals surface area (Å²) in [6.45, 7) is 2.09. The van der Waals surface area contributed by atoms with Crippen LogP contribution in [0.4, 0.5) is 5.69 Å². The van der Waals surface area contributed by atoms with Crippen molar-refractivity contribution in [3.63, 3.8) is 0 Å². The van der Waals surface area contributed by atoms with Crippen molar-refractivity contribution in [2.45, 2.75) is 39.0 Å². The van der Waals surface area contributed by atoms with Gasteiger partial charge in [-0.05, 0) is 31.4 Å². The molecule has 1 saturated carbocycles.